The molecule has 0 radical (unpaired) electrons. The maximum atomic E-state index is 11.1. The van der Waals surface area contributed by atoms with Crippen LogP contribution in [0.3, 0.4) is 0 Å². The van der Waals surface area contributed by atoms with Crippen molar-refractivity contribution in [3.63, 3.8) is 0 Å². The van der Waals surface area contributed by atoms with Gasteiger partial charge in [0.2, 0.25) is 0 Å². The number of hydrogen-bond donors (Lipinski definition) is 1. The molecule has 0 aliphatic heterocycles. The van der Waals surface area contributed by atoms with E-state index in [9.17, 15) is 10.1 Å². The van der Waals surface area contributed by atoms with Crippen LogP contribution in [0.25, 0.3) is 0 Å². The molecule has 3 aromatic rings. The molecule has 0 saturated heterocycles. The predicted molar refractivity (Wildman–Crippen MR) is 106 cm³/mol. The van der Waals surface area contributed by atoms with Crippen molar-refractivity contribution in [1.82, 2.24) is 5.32 Å². The van der Waals surface area contributed by atoms with Gasteiger partial charge in [-0.05, 0) is 24.1 Å². The number of nitrogens with zero attached hydrogens (tertiary/aromatic N) is 1. The third-order valence-corrected chi connectivity index (χ3v) is 4.32. The molecule has 0 amide bonds. The average molecular weight is 362 g/mol. The van der Waals surface area contributed by atoms with E-state index in [-0.39, 0.29) is 16.7 Å². The number of hydrogen-bond acceptors (Lipinski definition) is 4. The lowest BCUT2D eigenvalue weighted by Crippen LogP contribution is -2.22. The van der Waals surface area contributed by atoms with Gasteiger partial charge in [-0.3, -0.25) is 10.1 Å². The van der Waals surface area contributed by atoms with Crippen LogP contribution in [0.4, 0.5) is 5.69 Å². The summed E-state index contributed by atoms with van der Waals surface area (Å²) in [5, 5.41) is 14.7. The van der Waals surface area contributed by atoms with Gasteiger partial charge in [0.1, 0.15) is 5.75 Å². The summed E-state index contributed by atoms with van der Waals surface area (Å²) in [5.41, 5.74) is 3.09. The van der Waals surface area contributed by atoms with Crippen molar-refractivity contribution < 1.29 is 9.66 Å². The lowest BCUT2D eigenvalue weighted by atomic mass is 9.98. The van der Waals surface area contributed by atoms with E-state index < -0.39 is 0 Å². The Hall–Kier alpha value is -3.18. The second-order valence-electron chi connectivity index (χ2n) is 6.12. The molecule has 0 aliphatic rings. The molecule has 3 rings (SSSR count). The molecule has 27 heavy (non-hydrogen) atoms. The van der Waals surface area contributed by atoms with Crippen LogP contribution in [-0.2, 0) is 6.54 Å². The number of nitro groups is 1. The fourth-order valence-corrected chi connectivity index (χ4v) is 3.05. The quantitative estimate of drug-likeness (QED) is 0.458. The van der Waals surface area contributed by atoms with Crippen LogP contribution in [0.5, 0.6) is 5.75 Å². The molecule has 5 nitrogen and oxygen atoms in total. The maximum Gasteiger partial charge on any atom is 0.270 e. The van der Waals surface area contributed by atoms with Crippen molar-refractivity contribution >= 4 is 5.69 Å². The van der Waals surface area contributed by atoms with E-state index in [1.165, 1.54) is 6.07 Å². The van der Waals surface area contributed by atoms with Crippen LogP contribution in [0, 0.1) is 10.1 Å². The van der Waals surface area contributed by atoms with Crippen LogP contribution >= 0.6 is 0 Å². The van der Waals surface area contributed by atoms with Crippen molar-refractivity contribution in [2.75, 3.05) is 6.61 Å². The molecular formula is C22H22N2O3. The summed E-state index contributed by atoms with van der Waals surface area (Å²) < 4.78 is 5.65. The fourth-order valence-electron chi connectivity index (χ4n) is 3.05. The van der Waals surface area contributed by atoms with Crippen molar-refractivity contribution in [3.05, 3.63) is 106 Å². The zero-order valence-electron chi connectivity index (χ0n) is 15.2. The minimum absolute atomic E-state index is 0.0267. The molecule has 0 fully saturated rings. The van der Waals surface area contributed by atoms with Gasteiger partial charge in [0.25, 0.3) is 5.69 Å². The minimum Gasteiger partial charge on any atom is -0.494 e. The topological polar surface area (TPSA) is 64.4 Å². The van der Waals surface area contributed by atoms with Gasteiger partial charge >= 0.3 is 0 Å². The molecule has 0 aliphatic carbocycles. The molecule has 1 N–H and O–H groups in total. The molecule has 0 unspecified atom stereocenters. The Morgan fingerprint density at radius 3 is 2.07 bits per heavy atom. The Morgan fingerprint density at radius 2 is 1.56 bits per heavy atom. The monoisotopic (exact) mass is 362 g/mol. The average Bonchev–Trinajstić information content (AvgIpc) is 2.71. The maximum absolute atomic E-state index is 11.1. The minimum atomic E-state index is -0.384. The van der Waals surface area contributed by atoms with Gasteiger partial charge in [-0.2, -0.15) is 0 Å². The molecule has 3 aromatic carbocycles. The summed E-state index contributed by atoms with van der Waals surface area (Å²) in [4.78, 5) is 10.8. The van der Waals surface area contributed by atoms with Gasteiger partial charge in [-0.15, -0.1) is 0 Å². The highest BCUT2D eigenvalue weighted by Crippen LogP contribution is 2.27. The first-order chi connectivity index (χ1) is 13.2. The van der Waals surface area contributed by atoms with Crippen LogP contribution in [0.2, 0.25) is 0 Å². The summed E-state index contributed by atoms with van der Waals surface area (Å²) in [6, 6.07) is 25.0. The molecule has 0 spiro atoms. The van der Waals surface area contributed by atoms with Crippen molar-refractivity contribution in [1.29, 1.82) is 0 Å². The Labute approximate surface area is 158 Å². The molecule has 0 bridgehead atoms. The summed E-state index contributed by atoms with van der Waals surface area (Å²) >= 11 is 0. The van der Waals surface area contributed by atoms with E-state index in [1.54, 1.807) is 12.1 Å². The first-order valence-corrected chi connectivity index (χ1v) is 8.92. The molecule has 138 valence electrons. The molecule has 0 heterocycles. The Bertz CT molecular complexity index is 843. The zero-order valence-corrected chi connectivity index (χ0v) is 15.2. The third kappa shape index (κ3) is 4.71. The van der Waals surface area contributed by atoms with Crippen molar-refractivity contribution in [2.45, 2.75) is 19.5 Å². The summed E-state index contributed by atoms with van der Waals surface area (Å²) in [7, 11) is 0. The van der Waals surface area contributed by atoms with E-state index in [1.807, 2.05) is 43.3 Å². The second kappa shape index (κ2) is 8.96. The van der Waals surface area contributed by atoms with Gasteiger partial charge in [-0.25, -0.2) is 0 Å². The highest BCUT2D eigenvalue weighted by Gasteiger charge is 2.16. The van der Waals surface area contributed by atoms with Gasteiger partial charge in [0, 0.05) is 24.2 Å². The number of benzene rings is 3. The number of ether oxygens (including phenoxy) is 1. The lowest BCUT2D eigenvalue weighted by molar-refractivity contribution is -0.384. The third-order valence-electron chi connectivity index (χ3n) is 4.32. The second-order valence-corrected chi connectivity index (χ2v) is 6.12. The summed E-state index contributed by atoms with van der Waals surface area (Å²) in [6.07, 6.45) is 0. The largest absolute Gasteiger partial charge is 0.494 e. The number of nitro benzene ring substituents is 1. The summed E-state index contributed by atoms with van der Waals surface area (Å²) in [5.74, 6) is 0.662. The first-order valence-electron chi connectivity index (χ1n) is 8.92. The highest BCUT2D eigenvalue weighted by molar-refractivity contribution is 5.44. The van der Waals surface area contributed by atoms with Crippen LogP contribution in [0.1, 0.15) is 29.7 Å². The van der Waals surface area contributed by atoms with E-state index in [4.69, 9.17) is 4.74 Å². The summed E-state index contributed by atoms with van der Waals surface area (Å²) in [6.45, 7) is 2.85. The molecular weight excluding hydrogens is 340 g/mol. The van der Waals surface area contributed by atoms with Gasteiger partial charge in [-0.1, -0.05) is 60.7 Å². The van der Waals surface area contributed by atoms with Crippen LogP contribution in [0.15, 0.2) is 78.9 Å². The number of rotatable bonds is 8. The number of non-ortho nitro benzene ring substituents is 1. The smallest absolute Gasteiger partial charge is 0.270 e. The predicted octanol–water partition coefficient (Wildman–Crippen LogP) is 4.87. The molecule has 0 atom stereocenters. The SMILES string of the molecule is CCOc1ccc([N+](=O)[O-])cc1CNC(c1ccccc1)c1ccccc1. The fraction of sp³-hybridized carbons (Fsp3) is 0.182. The Morgan fingerprint density at radius 1 is 0.963 bits per heavy atom. The highest BCUT2D eigenvalue weighted by atomic mass is 16.6. The zero-order chi connectivity index (χ0) is 19.1. The molecule has 0 saturated carbocycles. The lowest BCUT2D eigenvalue weighted by Gasteiger charge is -2.21. The van der Waals surface area contributed by atoms with Crippen LogP contribution in [-0.4, -0.2) is 11.5 Å². The van der Waals surface area contributed by atoms with Crippen molar-refractivity contribution in [2.24, 2.45) is 0 Å². The standard InChI is InChI=1S/C22H22N2O3/c1-2-27-21-14-13-20(24(25)26)15-19(21)16-23-22(17-9-5-3-6-10-17)18-11-7-4-8-12-18/h3-15,22-23H,2,16H2,1H3. The van der Waals surface area contributed by atoms with Gasteiger partial charge in [0.05, 0.1) is 17.6 Å². The molecule has 0 aromatic heterocycles. The van der Waals surface area contributed by atoms with E-state index >= 15 is 0 Å². The van der Waals surface area contributed by atoms with Crippen molar-refractivity contribution in [3.8, 4) is 5.75 Å². The normalized spacial score (nSPS) is 10.7. The Balaban J connectivity index is 1.89. The van der Waals surface area contributed by atoms with Gasteiger partial charge < -0.3 is 10.1 Å². The van der Waals surface area contributed by atoms with Gasteiger partial charge in [0.15, 0.2) is 0 Å². The number of nitrogens with one attached hydrogen (secondary N) is 1. The van der Waals surface area contributed by atoms with Crippen LogP contribution < -0.4 is 10.1 Å². The Kier molecular flexibility index (Phi) is 6.18. The molecule has 5 heteroatoms. The van der Waals surface area contributed by atoms with E-state index in [0.29, 0.717) is 18.9 Å². The first kappa shape index (κ1) is 18.6. The van der Waals surface area contributed by atoms with E-state index in [2.05, 4.69) is 29.6 Å². The van der Waals surface area contributed by atoms with E-state index in [0.717, 1.165) is 16.7 Å².